The minimum Gasteiger partial charge on any atom is -0.348 e. The largest absolute Gasteiger partial charge is 0.348 e. The molecule has 0 spiro atoms. The Morgan fingerprint density at radius 2 is 2.21 bits per heavy atom. The molecule has 0 unspecified atom stereocenters. The van der Waals surface area contributed by atoms with Crippen LogP contribution >= 0.6 is 0 Å². The summed E-state index contributed by atoms with van der Waals surface area (Å²) < 4.78 is 1.85. The van der Waals surface area contributed by atoms with Gasteiger partial charge in [-0.05, 0) is 45.6 Å². The molecule has 0 bridgehead atoms. The van der Waals surface area contributed by atoms with Crippen LogP contribution in [0.1, 0.15) is 41.6 Å². The molecule has 3 rings (SSSR count). The summed E-state index contributed by atoms with van der Waals surface area (Å²) in [5, 5.41) is 3.02. The van der Waals surface area contributed by atoms with E-state index in [1.165, 1.54) is 12.8 Å². The minimum atomic E-state index is -0.126. The van der Waals surface area contributed by atoms with Gasteiger partial charge in [0.05, 0.1) is 0 Å². The highest BCUT2D eigenvalue weighted by Crippen LogP contribution is 2.32. The van der Waals surface area contributed by atoms with Gasteiger partial charge >= 0.3 is 0 Å². The average Bonchev–Trinajstić information content (AvgIpc) is 3.09. The second-order valence-corrected chi connectivity index (χ2v) is 5.43. The standard InChI is InChI=1S/C14H18N4O/c1-8-6-9(2)18-7-15-12(13(18)16-8)14(19)17-10(3)11-4-5-11/h6-7,10-11H,4-5H2,1-3H3,(H,17,19)/t10-/m1/s1. The van der Waals surface area contributed by atoms with Crippen molar-refractivity contribution in [2.75, 3.05) is 0 Å². The number of carbonyl (C=O) groups is 1. The highest BCUT2D eigenvalue weighted by atomic mass is 16.2. The van der Waals surface area contributed by atoms with Crippen LogP contribution in [-0.4, -0.2) is 26.3 Å². The number of aromatic nitrogens is 3. The minimum absolute atomic E-state index is 0.126. The van der Waals surface area contributed by atoms with Crippen LogP contribution in [0.3, 0.4) is 0 Å². The Hall–Kier alpha value is -1.91. The van der Waals surface area contributed by atoms with Crippen LogP contribution in [0.2, 0.25) is 0 Å². The molecular formula is C14H18N4O. The van der Waals surface area contributed by atoms with Gasteiger partial charge in [-0.3, -0.25) is 9.20 Å². The summed E-state index contributed by atoms with van der Waals surface area (Å²) in [6.07, 6.45) is 4.08. The van der Waals surface area contributed by atoms with Crippen molar-refractivity contribution in [2.24, 2.45) is 5.92 Å². The first kappa shape index (κ1) is 12.1. The lowest BCUT2D eigenvalue weighted by Gasteiger charge is -2.11. The van der Waals surface area contributed by atoms with E-state index >= 15 is 0 Å². The third kappa shape index (κ3) is 2.20. The molecule has 1 N–H and O–H groups in total. The second kappa shape index (κ2) is 4.33. The van der Waals surface area contributed by atoms with Crippen molar-refractivity contribution in [3.8, 4) is 0 Å². The Balaban J connectivity index is 1.93. The highest BCUT2D eigenvalue weighted by molar-refractivity contribution is 5.98. The third-order valence-corrected chi connectivity index (χ3v) is 3.73. The summed E-state index contributed by atoms with van der Waals surface area (Å²) in [4.78, 5) is 20.9. The quantitative estimate of drug-likeness (QED) is 0.914. The van der Waals surface area contributed by atoms with Gasteiger partial charge in [-0.15, -0.1) is 0 Å². The number of nitrogens with one attached hydrogen (secondary N) is 1. The summed E-state index contributed by atoms with van der Waals surface area (Å²) >= 11 is 0. The van der Waals surface area contributed by atoms with Crippen LogP contribution in [0.15, 0.2) is 12.4 Å². The third-order valence-electron chi connectivity index (χ3n) is 3.73. The van der Waals surface area contributed by atoms with Crippen molar-refractivity contribution in [3.05, 3.63) is 29.5 Å². The van der Waals surface area contributed by atoms with Gasteiger partial charge in [0.1, 0.15) is 6.33 Å². The normalized spacial score (nSPS) is 16.6. The zero-order valence-corrected chi connectivity index (χ0v) is 11.5. The number of aryl methyl sites for hydroxylation is 2. The van der Waals surface area contributed by atoms with E-state index in [0.29, 0.717) is 17.3 Å². The van der Waals surface area contributed by atoms with Crippen molar-refractivity contribution in [2.45, 2.75) is 39.7 Å². The fourth-order valence-electron chi connectivity index (χ4n) is 2.43. The Bertz CT molecular complexity index is 642. The number of carbonyl (C=O) groups excluding carboxylic acids is 1. The molecule has 1 fully saturated rings. The van der Waals surface area contributed by atoms with Gasteiger partial charge in [0.2, 0.25) is 0 Å². The molecule has 1 saturated carbocycles. The molecule has 19 heavy (non-hydrogen) atoms. The van der Waals surface area contributed by atoms with Crippen molar-refractivity contribution >= 4 is 11.6 Å². The van der Waals surface area contributed by atoms with Crippen molar-refractivity contribution < 1.29 is 4.79 Å². The Morgan fingerprint density at radius 3 is 2.89 bits per heavy atom. The monoisotopic (exact) mass is 258 g/mol. The van der Waals surface area contributed by atoms with Gasteiger partial charge in [-0.1, -0.05) is 0 Å². The molecule has 1 aliphatic rings. The predicted molar refractivity (Wildman–Crippen MR) is 72.1 cm³/mol. The summed E-state index contributed by atoms with van der Waals surface area (Å²) in [5.41, 5.74) is 2.98. The number of imidazole rings is 1. The highest BCUT2D eigenvalue weighted by Gasteiger charge is 2.30. The SMILES string of the molecule is Cc1cc(C)n2cnc(C(=O)N[C@H](C)C3CC3)c2n1. The molecule has 2 aromatic rings. The van der Waals surface area contributed by atoms with E-state index in [0.717, 1.165) is 11.4 Å². The summed E-state index contributed by atoms with van der Waals surface area (Å²) in [6, 6.07) is 2.19. The van der Waals surface area contributed by atoms with Gasteiger partial charge in [0.15, 0.2) is 11.3 Å². The van der Waals surface area contributed by atoms with Gasteiger partial charge in [-0.2, -0.15) is 0 Å². The van der Waals surface area contributed by atoms with E-state index in [-0.39, 0.29) is 11.9 Å². The molecular weight excluding hydrogens is 240 g/mol. The number of hydrogen-bond acceptors (Lipinski definition) is 3. The van der Waals surface area contributed by atoms with Crippen LogP contribution in [0.4, 0.5) is 0 Å². The van der Waals surface area contributed by atoms with Gasteiger partial charge in [0.25, 0.3) is 5.91 Å². The number of amides is 1. The first-order valence-corrected chi connectivity index (χ1v) is 6.68. The number of nitrogens with zero attached hydrogens (tertiary/aromatic N) is 3. The molecule has 1 amide bonds. The van der Waals surface area contributed by atoms with Crippen LogP contribution in [-0.2, 0) is 0 Å². The first-order valence-electron chi connectivity index (χ1n) is 6.68. The molecule has 1 aliphatic carbocycles. The van der Waals surface area contributed by atoms with Crippen molar-refractivity contribution in [1.29, 1.82) is 0 Å². The van der Waals surface area contributed by atoms with Crippen molar-refractivity contribution in [3.63, 3.8) is 0 Å². The number of hydrogen-bond donors (Lipinski definition) is 1. The predicted octanol–water partition coefficient (Wildman–Crippen LogP) is 1.87. The number of rotatable bonds is 3. The second-order valence-electron chi connectivity index (χ2n) is 5.43. The lowest BCUT2D eigenvalue weighted by molar-refractivity contribution is 0.0933. The molecule has 0 radical (unpaired) electrons. The molecule has 0 aliphatic heterocycles. The van der Waals surface area contributed by atoms with E-state index < -0.39 is 0 Å². The van der Waals surface area contributed by atoms with E-state index in [9.17, 15) is 4.79 Å². The summed E-state index contributed by atoms with van der Waals surface area (Å²) in [5.74, 6) is 0.508. The Labute approximate surface area is 112 Å². The fraction of sp³-hybridized carbons (Fsp3) is 0.500. The summed E-state index contributed by atoms with van der Waals surface area (Å²) in [7, 11) is 0. The van der Waals surface area contributed by atoms with Crippen LogP contribution in [0, 0.1) is 19.8 Å². The molecule has 0 aromatic carbocycles. The van der Waals surface area contributed by atoms with Crippen LogP contribution in [0.25, 0.3) is 5.65 Å². The maximum atomic E-state index is 12.3. The molecule has 100 valence electrons. The molecule has 1 atom stereocenters. The molecule has 2 aromatic heterocycles. The zero-order chi connectivity index (χ0) is 13.6. The smallest absolute Gasteiger partial charge is 0.274 e. The molecule has 5 heteroatoms. The topological polar surface area (TPSA) is 59.3 Å². The van der Waals surface area contributed by atoms with Crippen LogP contribution < -0.4 is 5.32 Å². The molecule has 5 nitrogen and oxygen atoms in total. The van der Waals surface area contributed by atoms with E-state index in [1.807, 2.05) is 24.3 Å². The van der Waals surface area contributed by atoms with Crippen LogP contribution in [0.5, 0.6) is 0 Å². The Kier molecular flexibility index (Phi) is 2.77. The maximum Gasteiger partial charge on any atom is 0.274 e. The average molecular weight is 258 g/mol. The summed E-state index contributed by atoms with van der Waals surface area (Å²) in [6.45, 7) is 5.96. The molecule has 2 heterocycles. The lowest BCUT2D eigenvalue weighted by Crippen LogP contribution is -2.34. The van der Waals surface area contributed by atoms with E-state index in [1.54, 1.807) is 6.33 Å². The van der Waals surface area contributed by atoms with Gasteiger partial charge < -0.3 is 5.32 Å². The Morgan fingerprint density at radius 1 is 1.47 bits per heavy atom. The van der Waals surface area contributed by atoms with E-state index in [4.69, 9.17) is 0 Å². The number of fused-ring (bicyclic) bond motifs is 1. The van der Waals surface area contributed by atoms with E-state index in [2.05, 4.69) is 22.2 Å². The fourth-order valence-corrected chi connectivity index (χ4v) is 2.43. The van der Waals surface area contributed by atoms with Gasteiger partial charge in [0, 0.05) is 17.4 Å². The first-order chi connectivity index (χ1) is 9.06. The van der Waals surface area contributed by atoms with Gasteiger partial charge in [-0.25, -0.2) is 9.97 Å². The maximum absolute atomic E-state index is 12.3. The zero-order valence-electron chi connectivity index (χ0n) is 11.5. The van der Waals surface area contributed by atoms with Crippen molar-refractivity contribution in [1.82, 2.24) is 19.7 Å². The molecule has 0 saturated heterocycles. The lowest BCUT2D eigenvalue weighted by atomic mass is 10.2.